The number of benzene rings is 2. The molecule has 0 aliphatic rings. The van der Waals surface area contributed by atoms with E-state index in [0.29, 0.717) is 27.4 Å². The van der Waals surface area contributed by atoms with E-state index in [1.54, 1.807) is 25.1 Å². The maximum Gasteiger partial charge on any atom is 0.338 e. The molecule has 0 atom stereocenters. The molecule has 0 N–H and O–H groups in total. The van der Waals surface area contributed by atoms with Crippen molar-refractivity contribution >= 4 is 32.7 Å². The van der Waals surface area contributed by atoms with Crippen LogP contribution in [0.5, 0.6) is 0 Å². The molecule has 0 unspecified atom stereocenters. The van der Waals surface area contributed by atoms with Crippen LogP contribution < -0.4 is 0 Å². The van der Waals surface area contributed by atoms with Crippen molar-refractivity contribution in [2.75, 3.05) is 6.61 Å². The first-order valence-corrected chi connectivity index (χ1v) is 5.98. The third-order valence-electron chi connectivity index (χ3n) is 2.43. The van der Waals surface area contributed by atoms with E-state index in [1.807, 2.05) is 0 Å². The van der Waals surface area contributed by atoms with Crippen LogP contribution in [0.25, 0.3) is 10.8 Å². The van der Waals surface area contributed by atoms with Gasteiger partial charge in [0.2, 0.25) is 0 Å². The summed E-state index contributed by atoms with van der Waals surface area (Å²) in [6.07, 6.45) is 0. The molecular formula is C13H10BrFO2. The van der Waals surface area contributed by atoms with Gasteiger partial charge in [-0.2, -0.15) is 0 Å². The molecule has 0 fully saturated rings. The minimum atomic E-state index is -0.435. The van der Waals surface area contributed by atoms with Gasteiger partial charge in [-0.1, -0.05) is 28.1 Å². The number of hydrogen-bond acceptors (Lipinski definition) is 2. The highest BCUT2D eigenvalue weighted by Crippen LogP contribution is 2.29. The fourth-order valence-corrected chi connectivity index (χ4v) is 2.26. The Balaban J connectivity index is 2.71. The van der Waals surface area contributed by atoms with Crippen molar-refractivity contribution in [3.05, 3.63) is 46.2 Å². The number of halogens is 2. The van der Waals surface area contributed by atoms with Crippen LogP contribution in [0.15, 0.2) is 34.8 Å². The Morgan fingerprint density at radius 2 is 2.12 bits per heavy atom. The summed E-state index contributed by atoms with van der Waals surface area (Å²) >= 11 is 3.28. The molecule has 2 nitrogen and oxygen atoms in total. The molecule has 0 amide bonds. The van der Waals surface area contributed by atoms with Crippen molar-refractivity contribution in [3.8, 4) is 0 Å². The lowest BCUT2D eigenvalue weighted by atomic mass is 10.0. The van der Waals surface area contributed by atoms with E-state index in [0.717, 1.165) is 0 Å². The minimum Gasteiger partial charge on any atom is -0.462 e. The van der Waals surface area contributed by atoms with Crippen LogP contribution in [0, 0.1) is 5.82 Å². The van der Waals surface area contributed by atoms with Gasteiger partial charge < -0.3 is 4.74 Å². The Bertz CT molecular complexity index is 573. The van der Waals surface area contributed by atoms with Gasteiger partial charge in [0.25, 0.3) is 0 Å². The highest BCUT2D eigenvalue weighted by atomic mass is 79.9. The topological polar surface area (TPSA) is 26.3 Å². The Labute approximate surface area is 107 Å². The van der Waals surface area contributed by atoms with Crippen LogP contribution in [0.3, 0.4) is 0 Å². The zero-order chi connectivity index (χ0) is 12.4. The molecule has 2 aromatic rings. The van der Waals surface area contributed by atoms with Gasteiger partial charge in [-0.15, -0.1) is 0 Å². The molecule has 17 heavy (non-hydrogen) atoms. The van der Waals surface area contributed by atoms with Gasteiger partial charge in [0.15, 0.2) is 0 Å². The highest BCUT2D eigenvalue weighted by molar-refractivity contribution is 9.10. The fraction of sp³-hybridized carbons (Fsp3) is 0.154. The van der Waals surface area contributed by atoms with Gasteiger partial charge in [-0.3, -0.25) is 0 Å². The van der Waals surface area contributed by atoms with Crippen molar-refractivity contribution in [2.24, 2.45) is 0 Å². The second-order valence-corrected chi connectivity index (χ2v) is 4.33. The van der Waals surface area contributed by atoms with Gasteiger partial charge in [-0.05, 0) is 25.1 Å². The number of esters is 1. The Kier molecular flexibility index (Phi) is 3.43. The standard InChI is InChI=1S/C13H10BrFO2/c1-2-17-13(16)9-6-7-11(15)12-8(9)4-3-5-10(12)14/h3-7H,2H2,1H3. The van der Waals surface area contributed by atoms with Crippen LogP contribution in [0.1, 0.15) is 17.3 Å². The molecule has 0 saturated heterocycles. The first kappa shape index (κ1) is 12.0. The number of hydrogen-bond donors (Lipinski definition) is 0. The van der Waals surface area contributed by atoms with E-state index in [2.05, 4.69) is 15.9 Å². The van der Waals surface area contributed by atoms with Gasteiger partial charge in [0.05, 0.1) is 12.2 Å². The largest absolute Gasteiger partial charge is 0.462 e. The lowest BCUT2D eigenvalue weighted by molar-refractivity contribution is 0.0528. The maximum absolute atomic E-state index is 13.7. The van der Waals surface area contributed by atoms with Crippen LogP contribution in [-0.4, -0.2) is 12.6 Å². The number of ether oxygens (including phenoxy) is 1. The van der Waals surface area contributed by atoms with E-state index in [1.165, 1.54) is 12.1 Å². The van der Waals surface area contributed by atoms with Crippen molar-refractivity contribution < 1.29 is 13.9 Å². The van der Waals surface area contributed by atoms with Crippen molar-refractivity contribution in [2.45, 2.75) is 6.92 Å². The lowest BCUT2D eigenvalue weighted by Gasteiger charge is -2.08. The predicted molar refractivity (Wildman–Crippen MR) is 67.6 cm³/mol. The van der Waals surface area contributed by atoms with E-state index in [-0.39, 0.29) is 5.82 Å². The average Bonchev–Trinajstić information content (AvgIpc) is 2.29. The number of fused-ring (bicyclic) bond motifs is 1. The number of carbonyl (C=O) groups excluding carboxylic acids is 1. The second-order valence-electron chi connectivity index (χ2n) is 3.48. The molecule has 0 aliphatic heterocycles. The molecule has 0 radical (unpaired) electrons. The summed E-state index contributed by atoms with van der Waals surface area (Å²) in [5.74, 6) is -0.795. The summed E-state index contributed by atoms with van der Waals surface area (Å²) in [5, 5.41) is 0.955. The lowest BCUT2D eigenvalue weighted by Crippen LogP contribution is -2.05. The Morgan fingerprint density at radius 1 is 1.35 bits per heavy atom. The zero-order valence-electron chi connectivity index (χ0n) is 9.17. The molecule has 88 valence electrons. The molecule has 0 spiro atoms. The third kappa shape index (κ3) is 2.17. The summed E-state index contributed by atoms with van der Waals surface area (Å²) < 4.78 is 19.3. The fourth-order valence-electron chi connectivity index (χ4n) is 1.71. The van der Waals surface area contributed by atoms with Gasteiger partial charge in [0, 0.05) is 15.2 Å². The van der Waals surface area contributed by atoms with E-state index < -0.39 is 5.97 Å². The number of rotatable bonds is 2. The molecule has 0 aliphatic carbocycles. The van der Waals surface area contributed by atoms with Crippen LogP contribution in [0.2, 0.25) is 0 Å². The third-order valence-corrected chi connectivity index (χ3v) is 3.10. The van der Waals surface area contributed by atoms with Crippen LogP contribution in [0.4, 0.5) is 4.39 Å². The first-order chi connectivity index (χ1) is 8.15. The SMILES string of the molecule is CCOC(=O)c1ccc(F)c2c(Br)cccc12. The van der Waals surface area contributed by atoms with Crippen LogP contribution >= 0.6 is 15.9 Å². The van der Waals surface area contributed by atoms with Gasteiger partial charge in [-0.25, -0.2) is 9.18 Å². The predicted octanol–water partition coefficient (Wildman–Crippen LogP) is 3.92. The highest BCUT2D eigenvalue weighted by Gasteiger charge is 2.14. The first-order valence-electron chi connectivity index (χ1n) is 5.19. The molecule has 0 aromatic heterocycles. The average molecular weight is 297 g/mol. The van der Waals surface area contributed by atoms with Crippen molar-refractivity contribution in [3.63, 3.8) is 0 Å². The smallest absolute Gasteiger partial charge is 0.338 e. The monoisotopic (exact) mass is 296 g/mol. The van der Waals surface area contributed by atoms with E-state index in [4.69, 9.17) is 4.74 Å². The summed E-state index contributed by atoms with van der Waals surface area (Å²) in [5.41, 5.74) is 0.379. The molecule has 0 heterocycles. The maximum atomic E-state index is 13.7. The Hall–Kier alpha value is -1.42. The van der Waals surface area contributed by atoms with Crippen molar-refractivity contribution in [1.29, 1.82) is 0 Å². The summed E-state index contributed by atoms with van der Waals surface area (Å²) in [4.78, 5) is 11.7. The van der Waals surface area contributed by atoms with E-state index >= 15 is 0 Å². The summed E-state index contributed by atoms with van der Waals surface area (Å²) in [6.45, 7) is 2.03. The quantitative estimate of drug-likeness (QED) is 0.785. The molecule has 2 aromatic carbocycles. The van der Waals surface area contributed by atoms with E-state index in [9.17, 15) is 9.18 Å². The normalized spacial score (nSPS) is 10.5. The van der Waals surface area contributed by atoms with Crippen molar-refractivity contribution in [1.82, 2.24) is 0 Å². The van der Waals surface area contributed by atoms with Gasteiger partial charge in [0.1, 0.15) is 5.82 Å². The van der Waals surface area contributed by atoms with Crippen LogP contribution in [-0.2, 0) is 4.74 Å². The second kappa shape index (κ2) is 4.84. The molecule has 2 rings (SSSR count). The number of carbonyl (C=O) groups is 1. The van der Waals surface area contributed by atoms with Gasteiger partial charge >= 0.3 is 5.97 Å². The molecular weight excluding hydrogens is 287 g/mol. The molecule has 0 bridgehead atoms. The summed E-state index contributed by atoms with van der Waals surface area (Å²) in [7, 11) is 0. The minimum absolute atomic E-state index is 0.297. The molecule has 4 heteroatoms. The molecule has 0 saturated carbocycles. The summed E-state index contributed by atoms with van der Waals surface area (Å²) in [6, 6.07) is 7.92. The Morgan fingerprint density at radius 3 is 2.82 bits per heavy atom. The zero-order valence-corrected chi connectivity index (χ0v) is 10.8.